The zero-order valence-corrected chi connectivity index (χ0v) is 15.6. The third kappa shape index (κ3) is 4.01. The number of para-hydroxylation sites is 1. The lowest BCUT2D eigenvalue weighted by molar-refractivity contribution is -0.384. The molecule has 1 aromatic heterocycles. The average molecular weight is 379 g/mol. The summed E-state index contributed by atoms with van der Waals surface area (Å²) in [6.45, 7) is 1.37. The third-order valence-electron chi connectivity index (χ3n) is 4.81. The van der Waals surface area contributed by atoms with Gasteiger partial charge < -0.3 is 4.74 Å². The van der Waals surface area contributed by atoms with E-state index in [1.807, 2.05) is 18.2 Å². The number of non-ortho nitro benzene ring substituents is 1. The number of hydrogen-bond donors (Lipinski definition) is 0. The lowest BCUT2D eigenvalue weighted by atomic mass is 10.2. The molecule has 0 amide bonds. The zero-order valence-electron chi connectivity index (χ0n) is 15.6. The molecule has 144 valence electrons. The van der Waals surface area contributed by atoms with Gasteiger partial charge in [-0.1, -0.05) is 30.3 Å². The number of hydrogen-bond acceptors (Lipinski definition) is 6. The van der Waals surface area contributed by atoms with Gasteiger partial charge in [0.1, 0.15) is 12.1 Å². The van der Waals surface area contributed by atoms with Crippen LogP contribution in [0, 0.1) is 10.1 Å². The minimum Gasteiger partial charge on any atom is -0.496 e. The Balaban J connectivity index is 1.51. The number of nitro groups is 1. The van der Waals surface area contributed by atoms with E-state index in [9.17, 15) is 10.1 Å². The number of methoxy groups -OCH3 is 1. The van der Waals surface area contributed by atoms with E-state index in [0.717, 1.165) is 17.9 Å². The average Bonchev–Trinajstić information content (AvgIpc) is 3.46. The van der Waals surface area contributed by atoms with Gasteiger partial charge in [-0.25, -0.2) is 9.67 Å². The molecule has 2 aromatic carbocycles. The van der Waals surface area contributed by atoms with Gasteiger partial charge in [-0.05, 0) is 18.9 Å². The second-order valence-electron chi connectivity index (χ2n) is 6.85. The maximum absolute atomic E-state index is 11.0. The van der Waals surface area contributed by atoms with Crippen molar-refractivity contribution >= 4 is 5.69 Å². The fraction of sp³-hybridized carbons (Fsp3) is 0.300. The molecule has 0 radical (unpaired) electrons. The molecule has 1 heterocycles. The molecule has 0 N–H and O–H groups in total. The molecular formula is C20H21N5O3. The lowest BCUT2D eigenvalue weighted by Crippen LogP contribution is -2.28. The number of nitro benzene ring substituents is 1. The van der Waals surface area contributed by atoms with Crippen LogP contribution in [-0.4, -0.2) is 37.7 Å². The normalized spacial score (nSPS) is 13.6. The van der Waals surface area contributed by atoms with Gasteiger partial charge in [0.25, 0.3) is 5.69 Å². The first-order valence-electron chi connectivity index (χ1n) is 9.14. The van der Waals surface area contributed by atoms with Crippen molar-refractivity contribution in [2.75, 3.05) is 7.11 Å². The van der Waals surface area contributed by atoms with Crippen molar-refractivity contribution in [2.24, 2.45) is 0 Å². The number of nitrogens with zero attached hydrogens (tertiary/aromatic N) is 5. The van der Waals surface area contributed by atoms with E-state index in [0.29, 0.717) is 24.1 Å². The van der Waals surface area contributed by atoms with Crippen LogP contribution >= 0.6 is 0 Å². The molecule has 0 saturated heterocycles. The summed E-state index contributed by atoms with van der Waals surface area (Å²) in [6.07, 6.45) is 4.01. The Bertz CT molecular complexity index is 983. The van der Waals surface area contributed by atoms with E-state index in [-0.39, 0.29) is 5.69 Å². The Labute approximate surface area is 162 Å². The number of rotatable bonds is 8. The molecular weight excluding hydrogens is 358 g/mol. The van der Waals surface area contributed by atoms with Gasteiger partial charge in [-0.3, -0.25) is 15.0 Å². The Kier molecular flexibility index (Phi) is 5.03. The second kappa shape index (κ2) is 7.77. The topological polar surface area (TPSA) is 86.3 Å². The predicted molar refractivity (Wildman–Crippen MR) is 104 cm³/mol. The van der Waals surface area contributed by atoms with Crippen molar-refractivity contribution in [3.8, 4) is 17.1 Å². The van der Waals surface area contributed by atoms with Crippen LogP contribution in [0.1, 0.15) is 18.4 Å². The van der Waals surface area contributed by atoms with Gasteiger partial charge in [0.15, 0.2) is 5.82 Å². The zero-order chi connectivity index (χ0) is 19.5. The maximum Gasteiger partial charge on any atom is 0.270 e. The monoisotopic (exact) mass is 379 g/mol. The smallest absolute Gasteiger partial charge is 0.270 e. The highest BCUT2D eigenvalue weighted by atomic mass is 16.6. The fourth-order valence-corrected chi connectivity index (χ4v) is 3.23. The van der Waals surface area contributed by atoms with Gasteiger partial charge in [0.2, 0.25) is 0 Å². The number of ether oxygens (including phenoxy) is 1. The first-order chi connectivity index (χ1) is 13.6. The number of benzene rings is 2. The van der Waals surface area contributed by atoms with E-state index >= 15 is 0 Å². The maximum atomic E-state index is 11.0. The highest BCUT2D eigenvalue weighted by Gasteiger charge is 2.30. The van der Waals surface area contributed by atoms with E-state index in [1.54, 1.807) is 30.3 Å². The van der Waals surface area contributed by atoms with E-state index < -0.39 is 4.92 Å². The molecule has 0 atom stereocenters. The molecule has 8 heteroatoms. The first-order valence-corrected chi connectivity index (χ1v) is 9.14. The Morgan fingerprint density at radius 3 is 2.82 bits per heavy atom. The van der Waals surface area contributed by atoms with Gasteiger partial charge in [0, 0.05) is 35.8 Å². The van der Waals surface area contributed by atoms with Crippen molar-refractivity contribution in [2.45, 2.75) is 32.1 Å². The summed E-state index contributed by atoms with van der Waals surface area (Å²) in [5.74, 6) is 1.36. The Hall–Kier alpha value is -3.26. The van der Waals surface area contributed by atoms with Crippen LogP contribution in [0.4, 0.5) is 5.69 Å². The summed E-state index contributed by atoms with van der Waals surface area (Å²) in [4.78, 5) is 17.3. The number of aromatic nitrogens is 3. The van der Waals surface area contributed by atoms with Gasteiger partial charge >= 0.3 is 0 Å². The van der Waals surface area contributed by atoms with Crippen LogP contribution in [-0.2, 0) is 13.2 Å². The van der Waals surface area contributed by atoms with E-state index in [2.05, 4.69) is 21.0 Å². The van der Waals surface area contributed by atoms with E-state index in [4.69, 9.17) is 4.74 Å². The molecule has 3 aromatic rings. The molecule has 1 fully saturated rings. The predicted octanol–water partition coefficient (Wildman–Crippen LogP) is 3.48. The third-order valence-corrected chi connectivity index (χ3v) is 4.81. The van der Waals surface area contributed by atoms with Gasteiger partial charge in [-0.15, -0.1) is 5.10 Å². The highest BCUT2D eigenvalue weighted by Crippen LogP contribution is 2.31. The summed E-state index contributed by atoms with van der Waals surface area (Å²) in [7, 11) is 1.68. The molecule has 0 bridgehead atoms. The fourth-order valence-electron chi connectivity index (χ4n) is 3.23. The summed E-state index contributed by atoms with van der Waals surface area (Å²) < 4.78 is 7.25. The van der Waals surface area contributed by atoms with Crippen molar-refractivity contribution in [3.05, 3.63) is 70.5 Å². The van der Waals surface area contributed by atoms with Crippen LogP contribution in [0.5, 0.6) is 5.75 Å². The van der Waals surface area contributed by atoms with Crippen molar-refractivity contribution < 1.29 is 9.66 Å². The minimum absolute atomic E-state index is 0.0321. The summed E-state index contributed by atoms with van der Waals surface area (Å²) >= 11 is 0. The highest BCUT2D eigenvalue weighted by molar-refractivity contribution is 5.58. The molecule has 1 aliphatic rings. The molecule has 4 rings (SSSR count). The summed E-state index contributed by atoms with van der Waals surface area (Å²) in [6, 6.07) is 14.9. The van der Waals surface area contributed by atoms with Crippen molar-refractivity contribution in [1.82, 2.24) is 19.7 Å². The van der Waals surface area contributed by atoms with Crippen LogP contribution in [0.25, 0.3) is 11.4 Å². The summed E-state index contributed by atoms with van der Waals surface area (Å²) in [5, 5.41) is 15.5. The standard InChI is InChI=1S/C20H21N5O3/c1-28-19-8-3-2-5-16(19)12-23(17-9-10-17)14-24-13-21-20(22-24)15-6-4-7-18(11-15)25(26)27/h2-8,11,13,17H,9-10,12,14H2,1H3. The van der Waals surface area contributed by atoms with Crippen LogP contribution < -0.4 is 4.74 Å². The van der Waals surface area contributed by atoms with Crippen LogP contribution in [0.3, 0.4) is 0 Å². The molecule has 0 spiro atoms. The van der Waals surface area contributed by atoms with Gasteiger partial charge in [0.05, 0.1) is 18.7 Å². The lowest BCUT2D eigenvalue weighted by Gasteiger charge is -2.22. The van der Waals surface area contributed by atoms with Crippen molar-refractivity contribution in [1.29, 1.82) is 0 Å². The van der Waals surface area contributed by atoms with Crippen molar-refractivity contribution in [3.63, 3.8) is 0 Å². The van der Waals surface area contributed by atoms with E-state index in [1.165, 1.54) is 25.0 Å². The molecule has 1 saturated carbocycles. The molecule has 0 unspecified atom stereocenters. The summed E-state index contributed by atoms with van der Waals surface area (Å²) in [5.41, 5.74) is 1.80. The quantitative estimate of drug-likeness (QED) is 0.440. The Morgan fingerprint density at radius 1 is 1.25 bits per heavy atom. The van der Waals surface area contributed by atoms with Gasteiger partial charge in [-0.2, -0.15) is 0 Å². The second-order valence-corrected chi connectivity index (χ2v) is 6.85. The molecule has 28 heavy (non-hydrogen) atoms. The SMILES string of the molecule is COc1ccccc1CN(Cn1cnc(-c2cccc([N+](=O)[O-])c2)n1)C1CC1. The molecule has 1 aliphatic carbocycles. The minimum atomic E-state index is -0.414. The Morgan fingerprint density at radius 2 is 2.07 bits per heavy atom. The van der Waals surface area contributed by atoms with Crippen LogP contribution in [0.15, 0.2) is 54.9 Å². The van der Waals surface area contributed by atoms with Crippen LogP contribution in [0.2, 0.25) is 0 Å². The molecule has 8 nitrogen and oxygen atoms in total. The molecule has 0 aliphatic heterocycles. The first kappa shape index (κ1) is 18.1. The largest absolute Gasteiger partial charge is 0.496 e.